The van der Waals surface area contributed by atoms with Gasteiger partial charge in [-0.15, -0.1) is 0 Å². The van der Waals surface area contributed by atoms with Crippen molar-refractivity contribution < 1.29 is 4.79 Å². The fraction of sp³-hybridized carbons (Fsp3) is 0.533. The molecule has 1 fully saturated rings. The lowest BCUT2D eigenvalue weighted by Crippen LogP contribution is -2.32. The van der Waals surface area contributed by atoms with E-state index in [0.29, 0.717) is 0 Å². The van der Waals surface area contributed by atoms with Gasteiger partial charge < -0.3 is 4.90 Å². The van der Waals surface area contributed by atoms with Crippen molar-refractivity contribution in [2.45, 2.75) is 45.6 Å². The third-order valence-electron chi connectivity index (χ3n) is 3.58. The smallest absolute Gasteiger partial charge is 0.219 e. The molecule has 17 heavy (non-hydrogen) atoms. The van der Waals surface area contributed by atoms with Gasteiger partial charge in [0.2, 0.25) is 5.91 Å². The molecule has 1 unspecified atom stereocenters. The van der Waals surface area contributed by atoms with Crippen LogP contribution in [-0.4, -0.2) is 17.4 Å². The average Bonchev–Trinajstić information content (AvgIpc) is 2.54. The van der Waals surface area contributed by atoms with Crippen molar-refractivity contribution in [2.75, 3.05) is 6.54 Å². The number of hydrogen-bond acceptors (Lipinski definition) is 1. The lowest BCUT2D eigenvalue weighted by Gasteiger charge is -2.29. The van der Waals surface area contributed by atoms with Crippen molar-refractivity contribution in [1.29, 1.82) is 0 Å². The number of carbonyl (C=O) groups is 1. The molecule has 0 spiro atoms. The fourth-order valence-electron chi connectivity index (χ4n) is 2.71. The number of carbonyl (C=O) groups excluding carboxylic acids is 1. The molecule has 0 aromatic heterocycles. The van der Waals surface area contributed by atoms with Crippen LogP contribution in [0.2, 0.25) is 0 Å². The van der Waals surface area contributed by atoms with Crippen molar-refractivity contribution in [2.24, 2.45) is 0 Å². The van der Waals surface area contributed by atoms with Gasteiger partial charge in [0.05, 0.1) is 6.04 Å². The molecule has 2 heteroatoms. The predicted octanol–water partition coefficient (Wildman–Crippen LogP) is 3.46. The molecule has 1 aliphatic rings. The summed E-state index contributed by atoms with van der Waals surface area (Å²) in [6.07, 6.45) is 4.71. The van der Waals surface area contributed by atoms with E-state index in [4.69, 9.17) is 0 Å². The monoisotopic (exact) mass is 231 g/mol. The van der Waals surface area contributed by atoms with E-state index >= 15 is 0 Å². The Balaban J connectivity index is 2.28. The van der Waals surface area contributed by atoms with Crippen molar-refractivity contribution >= 4 is 5.91 Å². The first-order valence-corrected chi connectivity index (χ1v) is 6.52. The van der Waals surface area contributed by atoms with Gasteiger partial charge in [-0.3, -0.25) is 4.79 Å². The maximum Gasteiger partial charge on any atom is 0.219 e. The quantitative estimate of drug-likeness (QED) is 0.725. The van der Waals surface area contributed by atoms with Gasteiger partial charge in [0, 0.05) is 13.5 Å². The maximum atomic E-state index is 11.7. The molecule has 2 nitrogen and oxygen atoms in total. The summed E-state index contributed by atoms with van der Waals surface area (Å²) in [7, 11) is 0. The molecule has 1 amide bonds. The third-order valence-corrected chi connectivity index (χ3v) is 3.58. The zero-order valence-electron chi connectivity index (χ0n) is 10.8. The third kappa shape index (κ3) is 2.87. The fourth-order valence-corrected chi connectivity index (χ4v) is 2.71. The van der Waals surface area contributed by atoms with E-state index in [2.05, 4.69) is 31.2 Å². The molecule has 1 atom stereocenters. The van der Waals surface area contributed by atoms with Crippen LogP contribution in [0.15, 0.2) is 24.3 Å². The summed E-state index contributed by atoms with van der Waals surface area (Å²) in [5.41, 5.74) is 2.57. The van der Waals surface area contributed by atoms with Crippen LogP contribution in [0.5, 0.6) is 0 Å². The first-order valence-electron chi connectivity index (χ1n) is 6.52. The molecule has 0 bridgehead atoms. The van der Waals surface area contributed by atoms with Crippen LogP contribution in [0.25, 0.3) is 0 Å². The van der Waals surface area contributed by atoms with Crippen molar-refractivity contribution in [3.63, 3.8) is 0 Å². The standard InChI is InChI=1S/C15H21NO/c1-12-7-6-8-14(11-12)15-9-4-3-5-10-16(15)13(2)17/h6-8,11,15H,3-5,9-10H2,1-2H3. The second kappa shape index (κ2) is 5.35. The molecule has 0 N–H and O–H groups in total. The second-order valence-corrected chi connectivity index (χ2v) is 4.99. The van der Waals surface area contributed by atoms with E-state index in [9.17, 15) is 4.79 Å². The lowest BCUT2D eigenvalue weighted by atomic mass is 9.99. The minimum Gasteiger partial charge on any atom is -0.336 e. The molecule has 1 saturated heterocycles. The minimum absolute atomic E-state index is 0.207. The molecule has 0 aliphatic carbocycles. The molecule has 1 aromatic carbocycles. The molecular formula is C15H21NO. The SMILES string of the molecule is CC(=O)N1CCCCCC1c1cccc(C)c1. The highest BCUT2D eigenvalue weighted by molar-refractivity contribution is 5.73. The summed E-state index contributed by atoms with van der Waals surface area (Å²) in [6.45, 7) is 4.71. The van der Waals surface area contributed by atoms with Crippen LogP contribution in [-0.2, 0) is 4.79 Å². The zero-order chi connectivity index (χ0) is 12.3. The van der Waals surface area contributed by atoms with E-state index in [1.165, 1.54) is 24.0 Å². The van der Waals surface area contributed by atoms with Crippen LogP contribution in [0.3, 0.4) is 0 Å². The Kier molecular flexibility index (Phi) is 3.82. The molecular weight excluding hydrogens is 210 g/mol. The van der Waals surface area contributed by atoms with Crippen LogP contribution in [0.4, 0.5) is 0 Å². The Morgan fingerprint density at radius 3 is 2.82 bits per heavy atom. The number of hydrogen-bond donors (Lipinski definition) is 0. The summed E-state index contributed by atoms with van der Waals surface area (Å²) in [5.74, 6) is 0.207. The lowest BCUT2D eigenvalue weighted by molar-refractivity contribution is -0.131. The predicted molar refractivity (Wildman–Crippen MR) is 69.8 cm³/mol. The molecule has 1 aromatic rings. The molecule has 2 rings (SSSR count). The number of likely N-dealkylation sites (tertiary alicyclic amines) is 1. The first-order chi connectivity index (χ1) is 8.18. The van der Waals surface area contributed by atoms with Crippen molar-refractivity contribution in [3.8, 4) is 0 Å². The molecule has 1 aliphatic heterocycles. The number of amides is 1. The Hall–Kier alpha value is -1.31. The van der Waals surface area contributed by atoms with Crippen LogP contribution < -0.4 is 0 Å². The maximum absolute atomic E-state index is 11.7. The van der Waals surface area contributed by atoms with Gasteiger partial charge in [-0.2, -0.15) is 0 Å². The van der Waals surface area contributed by atoms with Crippen LogP contribution in [0.1, 0.15) is 49.8 Å². The number of rotatable bonds is 1. The van der Waals surface area contributed by atoms with E-state index < -0.39 is 0 Å². The van der Waals surface area contributed by atoms with E-state index in [1.54, 1.807) is 6.92 Å². The van der Waals surface area contributed by atoms with Crippen LogP contribution >= 0.6 is 0 Å². The van der Waals surface area contributed by atoms with Gasteiger partial charge in [0.15, 0.2) is 0 Å². The Morgan fingerprint density at radius 2 is 2.12 bits per heavy atom. The minimum atomic E-state index is 0.207. The second-order valence-electron chi connectivity index (χ2n) is 4.99. The summed E-state index contributed by atoms with van der Waals surface area (Å²) in [6, 6.07) is 8.85. The molecule has 0 saturated carbocycles. The van der Waals surface area contributed by atoms with Crippen molar-refractivity contribution in [1.82, 2.24) is 4.90 Å². The Morgan fingerprint density at radius 1 is 1.29 bits per heavy atom. The summed E-state index contributed by atoms with van der Waals surface area (Å²) in [4.78, 5) is 13.8. The molecule has 0 radical (unpaired) electrons. The first kappa shape index (κ1) is 12.2. The van der Waals surface area contributed by atoms with E-state index in [1.807, 2.05) is 4.90 Å². The number of nitrogens with zero attached hydrogens (tertiary/aromatic N) is 1. The Bertz CT molecular complexity index is 400. The largest absolute Gasteiger partial charge is 0.336 e. The Labute approximate surface area is 104 Å². The highest BCUT2D eigenvalue weighted by Crippen LogP contribution is 2.30. The van der Waals surface area contributed by atoms with Gasteiger partial charge in [-0.1, -0.05) is 42.7 Å². The number of benzene rings is 1. The van der Waals surface area contributed by atoms with Crippen molar-refractivity contribution in [3.05, 3.63) is 35.4 Å². The van der Waals surface area contributed by atoms with E-state index in [0.717, 1.165) is 19.4 Å². The highest BCUT2D eigenvalue weighted by atomic mass is 16.2. The number of aryl methyl sites for hydroxylation is 1. The van der Waals surface area contributed by atoms with E-state index in [-0.39, 0.29) is 11.9 Å². The molecule has 92 valence electrons. The average molecular weight is 231 g/mol. The normalized spacial score (nSPS) is 21.1. The van der Waals surface area contributed by atoms with Gasteiger partial charge >= 0.3 is 0 Å². The summed E-state index contributed by atoms with van der Waals surface area (Å²) >= 11 is 0. The summed E-state index contributed by atoms with van der Waals surface area (Å²) in [5, 5.41) is 0. The topological polar surface area (TPSA) is 20.3 Å². The highest BCUT2D eigenvalue weighted by Gasteiger charge is 2.24. The molecule has 1 heterocycles. The van der Waals surface area contributed by atoms with Crippen LogP contribution in [0, 0.1) is 6.92 Å². The zero-order valence-corrected chi connectivity index (χ0v) is 10.8. The summed E-state index contributed by atoms with van der Waals surface area (Å²) < 4.78 is 0. The van der Waals surface area contributed by atoms with Gasteiger partial charge in [-0.25, -0.2) is 0 Å². The van der Waals surface area contributed by atoms with Gasteiger partial charge in [-0.05, 0) is 25.3 Å². The van der Waals surface area contributed by atoms with Gasteiger partial charge in [0.1, 0.15) is 0 Å². The van der Waals surface area contributed by atoms with Gasteiger partial charge in [0.25, 0.3) is 0 Å².